The molecule has 0 radical (unpaired) electrons. The van der Waals surface area contributed by atoms with Crippen LogP contribution in [0.1, 0.15) is 59.7 Å². The van der Waals surface area contributed by atoms with Crippen molar-refractivity contribution in [1.82, 2.24) is 9.88 Å². The summed E-state index contributed by atoms with van der Waals surface area (Å²) in [7, 11) is -4.02. The molecule has 9 nitrogen and oxygen atoms in total. The number of carbonyl (C=O) groups is 2. The molecule has 0 unspecified atom stereocenters. The smallest absolute Gasteiger partial charge is 0.337 e. The summed E-state index contributed by atoms with van der Waals surface area (Å²) in [6.45, 7) is 5.09. The molecule has 0 atom stereocenters. The quantitative estimate of drug-likeness (QED) is 0.573. The number of nitrogens with one attached hydrogen (secondary N) is 1. The van der Waals surface area contributed by atoms with Gasteiger partial charge in [0.15, 0.2) is 11.6 Å². The topological polar surface area (TPSA) is 120 Å². The number of rotatable bonds is 7. The lowest BCUT2D eigenvalue weighted by atomic mass is 10.00. The van der Waals surface area contributed by atoms with Gasteiger partial charge in [0.2, 0.25) is 0 Å². The number of Topliss-reactive ketones (excluding diaryl/α,β-unsaturated/α-hetero) is 1. The van der Waals surface area contributed by atoms with Crippen LogP contribution < -0.4 is 9.62 Å². The largest absolute Gasteiger partial charge is 0.478 e. The second kappa shape index (κ2) is 10.1. The van der Waals surface area contributed by atoms with Crippen LogP contribution in [0, 0.1) is 0 Å². The lowest BCUT2D eigenvalue weighted by Gasteiger charge is -2.40. The van der Waals surface area contributed by atoms with Crippen molar-refractivity contribution in [1.29, 1.82) is 0 Å². The molecule has 1 aromatic carbocycles. The van der Waals surface area contributed by atoms with Crippen molar-refractivity contribution in [3.05, 3.63) is 47.7 Å². The van der Waals surface area contributed by atoms with E-state index in [2.05, 4.69) is 14.6 Å². The number of likely N-dealkylation sites (tertiary alicyclic amines) is 1. The Morgan fingerprint density at radius 3 is 2.24 bits per heavy atom. The van der Waals surface area contributed by atoms with Gasteiger partial charge in [-0.1, -0.05) is 18.6 Å². The summed E-state index contributed by atoms with van der Waals surface area (Å²) in [5, 5.41) is 9.42. The van der Waals surface area contributed by atoms with Crippen LogP contribution in [0.3, 0.4) is 0 Å². The van der Waals surface area contributed by atoms with Crippen molar-refractivity contribution in [3.63, 3.8) is 0 Å². The first-order chi connectivity index (χ1) is 16.2. The fraction of sp³-hybridized carbons (Fsp3) is 0.458. The number of carboxylic acid groups (broad SMARTS) is 1. The third-order valence-corrected chi connectivity index (χ3v) is 7.98. The Labute approximate surface area is 199 Å². The summed E-state index contributed by atoms with van der Waals surface area (Å²) in [6.07, 6.45) is 6.90. The van der Waals surface area contributed by atoms with Crippen LogP contribution >= 0.6 is 0 Å². The van der Waals surface area contributed by atoms with Crippen LogP contribution in [0.15, 0.2) is 41.4 Å². The van der Waals surface area contributed by atoms with E-state index in [0.717, 1.165) is 25.9 Å². The number of ketones is 1. The summed E-state index contributed by atoms with van der Waals surface area (Å²) in [6, 6.07) is 7.44. The first-order valence-corrected chi connectivity index (χ1v) is 13.1. The number of hydrogen-bond acceptors (Lipinski definition) is 7. The predicted octanol–water partition coefficient (Wildman–Crippen LogP) is 3.24. The third kappa shape index (κ3) is 5.39. The van der Waals surface area contributed by atoms with E-state index in [9.17, 15) is 23.1 Å². The molecule has 3 heterocycles. The van der Waals surface area contributed by atoms with Gasteiger partial charge in [-0.25, -0.2) is 18.2 Å². The van der Waals surface area contributed by atoms with Crippen LogP contribution in [0.4, 0.5) is 11.5 Å². The highest BCUT2D eigenvalue weighted by molar-refractivity contribution is 7.92. The number of carbonyl (C=O) groups excluding carboxylic acids is 1. The van der Waals surface area contributed by atoms with E-state index < -0.39 is 16.0 Å². The maximum Gasteiger partial charge on any atom is 0.337 e. The molecule has 0 spiro atoms. The van der Waals surface area contributed by atoms with E-state index in [0.29, 0.717) is 30.5 Å². The summed E-state index contributed by atoms with van der Waals surface area (Å²) < 4.78 is 28.7. The highest BCUT2D eigenvalue weighted by Gasteiger charge is 2.28. The molecular weight excluding hydrogens is 456 g/mol. The van der Waals surface area contributed by atoms with Gasteiger partial charge in [0.1, 0.15) is 0 Å². The standard InChI is InChI=1S/C24H30N4O5S/c1-17(29)18-5-7-21(8-6-18)34(32,33)26-22-15-19(24(30)31)16-25-23(22)28-13-9-20(10-14-28)27-11-3-2-4-12-27/h5-8,15-16,20,26H,2-4,9-14H2,1H3,(H,30,31). The van der Waals surface area contributed by atoms with Gasteiger partial charge in [0, 0.05) is 30.9 Å². The van der Waals surface area contributed by atoms with Gasteiger partial charge in [-0.15, -0.1) is 0 Å². The second-order valence-corrected chi connectivity index (χ2v) is 10.6. The number of benzene rings is 1. The number of sulfonamides is 1. The van der Waals surface area contributed by atoms with Gasteiger partial charge >= 0.3 is 5.97 Å². The molecule has 0 aliphatic carbocycles. The van der Waals surface area contributed by atoms with Crippen molar-refractivity contribution in [3.8, 4) is 0 Å². The van der Waals surface area contributed by atoms with E-state index >= 15 is 0 Å². The van der Waals surface area contributed by atoms with Crippen LogP contribution in [0.2, 0.25) is 0 Å². The molecule has 1 aromatic heterocycles. The summed E-state index contributed by atoms with van der Waals surface area (Å²) in [5.41, 5.74) is 0.439. The van der Waals surface area contributed by atoms with E-state index in [4.69, 9.17) is 0 Å². The molecule has 2 aliphatic heterocycles. The maximum atomic E-state index is 13.1. The van der Waals surface area contributed by atoms with Gasteiger partial charge in [0.25, 0.3) is 10.0 Å². The molecule has 0 saturated carbocycles. The van der Waals surface area contributed by atoms with Crippen LogP contribution in [-0.2, 0) is 10.0 Å². The van der Waals surface area contributed by atoms with Crippen LogP contribution in [0.25, 0.3) is 0 Å². The lowest BCUT2D eigenvalue weighted by Crippen LogP contribution is -2.47. The molecule has 2 saturated heterocycles. The fourth-order valence-electron chi connectivity index (χ4n) is 4.70. The highest BCUT2D eigenvalue weighted by atomic mass is 32.2. The maximum absolute atomic E-state index is 13.1. The average molecular weight is 487 g/mol. The number of carboxylic acids is 1. The van der Waals surface area contributed by atoms with E-state index in [1.54, 1.807) is 0 Å². The van der Waals surface area contributed by atoms with Gasteiger partial charge in [-0.2, -0.15) is 0 Å². The molecule has 2 aromatic rings. The first kappa shape index (κ1) is 24.2. The zero-order chi connectivity index (χ0) is 24.3. The molecule has 4 rings (SSSR count). The molecule has 0 amide bonds. The molecule has 34 heavy (non-hydrogen) atoms. The summed E-state index contributed by atoms with van der Waals surface area (Å²) in [4.78, 5) is 31.9. The SMILES string of the molecule is CC(=O)c1ccc(S(=O)(=O)Nc2cc(C(=O)O)cnc2N2CCC(N3CCCCC3)CC2)cc1. The van der Waals surface area contributed by atoms with Crippen molar-refractivity contribution in [2.75, 3.05) is 35.8 Å². The minimum atomic E-state index is -4.02. The van der Waals surface area contributed by atoms with Crippen LogP contribution in [-0.4, -0.2) is 67.4 Å². The zero-order valence-electron chi connectivity index (χ0n) is 19.2. The fourth-order valence-corrected chi connectivity index (χ4v) is 5.75. The van der Waals surface area contributed by atoms with Crippen molar-refractivity contribution in [2.24, 2.45) is 0 Å². The number of aromatic carboxylic acids is 1. The molecule has 182 valence electrons. The Bertz CT molecular complexity index is 1150. The van der Waals surface area contributed by atoms with Crippen molar-refractivity contribution in [2.45, 2.75) is 50.0 Å². The molecule has 10 heteroatoms. The second-order valence-electron chi connectivity index (χ2n) is 8.90. The molecular formula is C24H30N4O5S. The van der Waals surface area contributed by atoms with Gasteiger partial charge in [0.05, 0.1) is 16.1 Å². The Morgan fingerprint density at radius 2 is 1.65 bits per heavy atom. The Morgan fingerprint density at radius 1 is 1.00 bits per heavy atom. The Kier molecular flexibility index (Phi) is 7.18. The summed E-state index contributed by atoms with van der Waals surface area (Å²) in [5.74, 6) is -0.925. The lowest BCUT2D eigenvalue weighted by molar-refractivity contribution is 0.0696. The van der Waals surface area contributed by atoms with Crippen molar-refractivity contribution < 1.29 is 23.1 Å². The van der Waals surface area contributed by atoms with E-state index in [1.165, 1.54) is 62.7 Å². The third-order valence-electron chi connectivity index (χ3n) is 6.60. The number of hydrogen-bond donors (Lipinski definition) is 2. The number of nitrogens with zero attached hydrogens (tertiary/aromatic N) is 3. The van der Waals surface area contributed by atoms with E-state index in [1.807, 2.05) is 4.90 Å². The monoisotopic (exact) mass is 486 g/mol. The minimum Gasteiger partial charge on any atom is -0.478 e. The minimum absolute atomic E-state index is 0.0204. The average Bonchev–Trinajstić information content (AvgIpc) is 2.84. The van der Waals surface area contributed by atoms with Gasteiger partial charge < -0.3 is 14.9 Å². The number of piperidine rings is 2. The van der Waals surface area contributed by atoms with Gasteiger partial charge in [-0.3, -0.25) is 9.52 Å². The first-order valence-electron chi connectivity index (χ1n) is 11.6. The summed E-state index contributed by atoms with van der Waals surface area (Å²) >= 11 is 0. The van der Waals surface area contributed by atoms with Crippen molar-refractivity contribution >= 4 is 33.3 Å². The Hall–Kier alpha value is -2.98. The molecule has 2 fully saturated rings. The normalized spacial score (nSPS) is 18.0. The van der Waals surface area contributed by atoms with Gasteiger partial charge in [-0.05, 0) is 63.9 Å². The Balaban J connectivity index is 1.56. The predicted molar refractivity (Wildman–Crippen MR) is 129 cm³/mol. The van der Waals surface area contributed by atoms with E-state index in [-0.39, 0.29) is 21.9 Å². The number of anilines is 2. The molecule has 2 N–H and O–H groups in total. The van der Waals surface area contributed by atoms with Crippen LogP contribution in [0.5, 0.6) is 0 Å². The molecule has 2 aliphatic rings. The number of aromatic nitrogens is 1. The zero-order valence-corrected chi connectivity index (χ0v) is 20.1. The highest BCUT2D eigenvalue weighted by Crippen LogP contribution is 2.31. The number of pyridine rings is 1. The molecule has 0 bridgehead atoms.